The minimum atomic E-state index is -0.537. The summed E-state index contributed by atoms with van der Waals surface area (Å²) in [5.74, 6) is 0.268. The number of benzene rings is 1. The van der Waals surface area contributed by atoms with Gasteiger partial charge in [0, 0.05) is 0 Å². The van der Waals surface area contributed by atoms with E-state index >= 15 is 0 Å². The highest BCUT2D eigenvalue weighted by Gasteiger charge is 2.11. The molecule has 0 fully saturated rings. The van der Waals surface area contributed by atoms with Gasteiger partial charge >= 0.3 is 5.97 Å². The van der Waals surface area contributed by atoms with Gasteiger partial charge in [-0.2, -0.15) is 0 Å². The smallest absolute Gasteiger partial charge is 0.373 e. The lowest BCUT2D eigenvalue weighted by Gasteiger charge is -2.06. The highest BCUT2D eigenvalue weighted by Crippen LogP contribution is 2.17. The van der Waals surface area contributed by atoms with Crippen molar-refractivity contribution in [2.45, 2.75) is 13.0 Å². The summed E-state index contributed by atoms with van der Waals surface area (Å²) < 4.78 is 15.4. The first-order valence-corrected chi connectivity index (χ1v) is 6.25. The van der Waals surface area contributed by atoms with Crippen LogP contribution >= 0.6 is 0 Å². The first-order valence-electron chi connectivity index (χ1n) is 6.25. The lowest BCUT2D eigenvalue weighted by Crippen LogP contribution is -2.13. The topological polar surface area (TPSA) is 91.8 Å². The van der Waals surface area contributed by atoms with Gasteiger partial charge in [0.25, 0.3) is 0 Å². The Kier molecular flexibility index (Phi) is 4.61. The predicted octanol–water partition coefficient (Wildman–Crippen LogP) is 1.67. The molecule has 0 saturated carbocycles. The highest BCUT2D eigenvalue weighted by atomic mass is 16.5. The molecule has 2 N–H and O–H groups in total. The van der Waals surface area contributed by atoms with Gasteiger partial charge < -0.3 is 19.6 Å². The molecular weight excluding hydrogens is 274 g/mol. The van der Waals surface area contributed by atoms with E-state index in [0.717, 1.165) is 5.56 Å². The normalized spacial score (nSPS) is 10.1. The van der Waals surface area contributed by atoms with E-state index in [2.05, 4.69) is 4.74 Å². The Morgan fingerprint density at radius 3 is 2.76 bits per heavy atom. The van der Waals surface area contributed by atoms with Crippen LogP contribution in [0.15, 0.2) is 40.8 Å². The molecule has 0 unspecified atom stereocenters. The minimum Gasteiger partial charge on any atom is -0.486 e. The van der Waals surface area contributed by atoms with Crippen molar-refractivity contribution in [1.29, 1.82) is 0 Å². The number of primary amides is 1. The van der Waals surface area contributed by atoms with Gasteiger partial charge in [0.1, 0.15) is 18.1 Å². The van der Waals surface area contributed by atoms with Crippen molar-refractivity contribution < 1.29 is 23.5 Å². The maximum absolute atomic E-state index is 11.2. The summed E-state index contributed by atoms with van der Waals surface area (Å²) in [6.45, 7) is 0.164. The molecule has 0 radical (unpaired) electrons. The monoisotopic (exact) mass is 289 g/mol. The Labute approximate surface area is 121 Å². The van der Waals surface area contributed by atoms with Crippen LogP contribution in [-0.4, -0.2) is 19.0 Å². The number of hydrogen-bond acceptors (Lipinski definition) is 5. The second-order valence-electron chi connectivity index (χ2n) is 4.34. The number of carbonyl (C=O) groups is 2. The van der Waals surface area contributed by atoms with E-state index in [4.69, 9.17) is 14.9 Å². The number of rotatable bonds is 6. The first kappa shape index (κ1) is 14.6. The quantitative estimate of drug-likeness (QED) is 0.817. The number of nitrogens with two attached hydrogens (primary N) is 1. The van der Waals surface area contributed by atoms with Gasteiger partial charge in [-0.1, -0.05) is 12.1 Å². The average molecular weight is 289 g/mol. The van der Waals surface area contributed by atoms with Gasteiger partial charge in [-0.25, -0.2) is 4.79 Å². The van der Waals surface area contributed by atoms with E-state index in [1.807, 2.05) is 0 Å². The summed E-state index contributed by atoms with van der Waals surface area (Å²) in [6.07, 6.45) is 0.157. The third kappa shape index (κ3) is 4.10. The zero-order chi connectivity index (χ0) is 15.2. The second kappa shape index (κ2) is 6.60. The highest BCUT2D eigenvalue weighted by molar-refractivity contribution is 5.86. The van der Waals surface area contributed by atoms with Gasteiger partial charge in [-0.3, -0.25) is 4.79 Å². The molecule has 2 rings (SSSR count). The van der Waals surface area contributed by atoms with E-state index < -0.39 is 11.9 Å². The Bertz CT molecular complexity index is 647. The van der Waals surface area contributed by atoms with Gasteiger partial charge in [-0.05, 0) is 29.8 Å². The third-order valence-electron chi connectivity index (χ3n) is 2.71. The van der Waals surface area contributed by atoms with Crippen molar-refractivity contribution in [2.24, 2.45) is 5.73 Å². The van der Waals surface area contributed by atoms with Crippen LogP contribution in [0.5, 0.6) is 5.75 Å². The maximum atomic E-state index is 11.2. The second-order valence-corrected chi connectivity index (χ2v) is 4.34. The summed E-state index contributed by atoms with van der Waals surface area (Å²) >= 11 is 0. The first-order chi connectivity index (χ1) is 10.1. The van der Waals surface area contributed by atoms with Gasteiger partial charge in [-0.15, -0.1) is 0 Å². The fraction of sp³-hybridized carbons (Fsp3) is 0.200. The van der Waals surface area contributed by atoms with Crippen LogP contribution in [-0.2, 0) is 22.6 Å². The third-order valence-corrected chi connectivity index (χ3v) is 2.71. The molecule has 110 valence electrons. The SMILES string of the molecule is COC(=O)c1ccc(COc2cccc(CC(N)=O)c2)o1. The Balaban J connectivity index is 1.98. The molecule has 2 aromatic rings. The van der Waals surface area contributed by atoms with E-state index in [1.54, 1.807) is 30.3 Å². The zero-order valence-corrected chi connectivity index (χ0v) is 11.5. The number of esters is 1. The summed E-state index contributed by atoms with van der Waals surface area (Å²) in [5.41, 5.74) is 5.92. The largest absolute Gasteiger partial charge is 0.486 e. The van der Waals surface area contributed by atoms with Gasteiger partial charge in [0.15, 0.2) is 0 Å². The van der Waals surface area contributed by atoms with Crippen LogP contribution in [0.4, 0.5) is 0 Å². The molecule has 1 aromatic heterocycles. The fourth-order valence-electron chi connectivity index (χ4n) is 1.77. The number of methoxy groups -OCH3 is 1. The minimum absolute atomic E-state index is 0.124. The number of furan rings is 1. The molecule has 0 spiro atoms. The fourth-order valence-corrected chi connectivity index (χ4v) is 1.77. The average Bonchev–Trinajstić information content (AvgIpc) is 2.93. The lowest BCUT2D eigenvalue weighted by molar-refractivity contribution is -0.117. The van der Waals surface area contributed by atoms with Crippen molar-refractivity contribution in [2.75, 3.05) is 7.11 Å². The molecular formula is C15H15NO5. The summed E-state index contributed by atoms with van der Waals surface area (Å²) in [7, 11) is 1.28. The van der Waals surface area contributed by atoms with Crippen LogP contribution < -0.4 is 10.5 Å². The van der Waals surface area contributed by atoms with Gasteiger partial charge in [0.2, 0.25) is 11.7 Å². The van der Waals surface area contributed by atoms with Crippen LogP contribution in [0.3, 0.4) is 0 Å². The molecule has 0 saturated heterocycles. The van der Waals surface area contributed by atoms with E-state index in [0.29, 0.717) is 11.5 Å². The van der Waals surface area contributed by atoms with Crippen LogP contribution in [0.25, 0.3) is 0 Å². The van der Waals surface area contributed by atoms with Crippen molar-refractivity contribution in [3.8, 4) is 5.75 Å². The Hall–Kier alpha value is -2.76. The standard InChI is InChI=1S/C15H15NO5/c1-19-15(18)13-6-5-12(21-13)9-20-11-4-2-3-10(7-11)8-14(16)17/h2-7H,8-9H2,1H3,(H2,16,17). The lowest BCUT2D eigenvalue weighted by atomic mass is 10.1. The molecule has 0 aliphatic carbocycles. The summed E-state index contributed by atoms with van der Waals surface area (Å²) in [4.78, 5) is 22.1. The number of carbonyl (C=O) groups excluding carboxylic acids is 2. The number of amides is 1. The van der Waals surface area contributed by atoms with E-state index in [9.17, 15) is 9.59 Å². The van der Waals surface area contributed by atoms with Crippen molar-refractivity contribution >= 4 is 11.9 Å². The molecule has 6 nitrogen and oxygen atoms in total. The molecule has 1 aromatic carbocycles. The molecule has 6 heteroatoms. The summed E-state index contributed by atoms with van der Waals surface area (Å²) in [5, 5.41) is 0. The zero-order valence-electron chi connectivity index (χ0n) is 11.5. The molecule has 0 atom stereocenters. The predicted molar refractivity (Wildman–Crippen MR) is 73.7 cm³/mol. The van der Waals surface area contributed by atoms with Crippen LogP contribution in [0.2, 0.25) is 0 Å². The van der Waals surface area contributed by atoms with Gasteiger partial charge in [0.05, 0.1) is 13.5 Å². The Morgan fingerprint density at radius 1 is 1.24 bits per heavy atom. The molecule has 1 heterocycles. The van der Waals surface area contributed by atoms with Crippen molar-refractivity contribution in [3.63, 3.8) is 0 Å². The molecule has 1 amide bonds. The van der Waals surface area contributed by atoms with Crippen LogP contribution in [0.1, 0.15) is 21.9 Å². The summed E-state index contributed by atoms with van der Waals surface area (Å²) in [6, 6.07) is 10.2. The van der Waals surface area contributed by atoms with Crippen LogP contribution in [0, 0.1) is 0 Å². The van der Waals surface area contributed by atoms with E-state index in [-0.39, 0.29) is 18.8 Å². The molecule has 0 aliphatic heterocycles. The Morgan fingerprint density at radius 2 is 2.05 bits per heavy atom. The number of hydrogen-bond donors (Lipinski definition) is 1. The molecule has 0 bridgehead atoms. The molecule has 0 aliphatic rings. The number of ether oxygens (including phenoxy) is 2. The van der Waals surface area contributed by atoms with Crippen molar-refractivity contribution in [1.82, 2.24) is 0 Å². The van der Waals surface area contributed by atoms with Crippen molar-refractivity contribution in [3.05, 3.63) is 53.5 Å². The maximum Gasteiger partial charge on any atom is 0.373 e. The van der Waals surface area contributed by atoms with E-state index in [1.165, 1.54) is 13.2 Å². The molecule has 21 heavy (non-hydrogen) atoms.